The van der Waals surface area contributed by atoms with Crippen molar-refractivity contribution in [1.29, 1.82) is 0 Å². The summed E-state index contributed by atoms with van der Waals surface area (Å²) >= 11 is 7.27. The van der Waals surface area contributed by atoms with Gasteiger partial charge in [0.15, 0.2) is 5.75 Å². The van der Waals surface area contributed by atoms with Crippen LogP contribution >= 0.6 is 22.9 Å². The van der Waals surface area contributed by atoms with Crippen LogP contribution in [0.2, 0.25) is 4.34 Å². The molecule has 0 aliphatic carbocycles. The Kier molecular flexibility index (Phi) is 3.97. The van der Waals surface area contributed by atoms with Crippen molar-refractivity contribution in [3.8, 4) is 5.75 Å². The fourth-order valence-electron chi connectivity index (χ4n) is 1.68. The summed E-state index contributed by atoms with van der Waals surface area (Å²) in [4.78, 5) is 14.7. The first-order chi connectivity index (χ1) is 8.99. The Labute approximate surface area is 120 Å². The van der Waals surface area contributed by atoms with Gasteiger partial charge in [0.25, 0.3) is 5.91 Å². The highest BCUT2D eigenvalue weighted by Crippen LogP contribution is 2.27. The number of phenols is 1. The molecule has 1 aromatic heterocycles. The standard InChI is InChI=1S/C13H13ClN2O2S/c1-16(7-8-5-6-11(14)19-8)13(18)9-3-2-4-10(15)12(9)17/h2-6,17H,7,15H2,1H3. The highest BCUT2D eigenvalue weighted by Gasteiger charge is 2.17. The van der Waals surface area contributed by atoms with Crippen LogP contribution in [0.25, 0.3) is 0 Å². The third-order valence-electron chi connectivity index (χ3n) is 2.67. The third-order valence-corrected chi connectivity index (χ3v) is 3.88. The second kappa shape index (κ2) is 5.50. The lowest BCUT2D eigenvalue weighted by molar-refractivity contribution is 0.0783. The van der Waals surface area contributed by atoms with Crippen molar-refractivity contribution in [3.05, 3.63) is 45.1 Å². The number of thiophene rings is 1. The number of hydrogen-bond donors (Lipinski definition) is 2. The van der Waals surface area contributed by atoms with Gasteiger partial charge in [-0.25, -0.2) is 0 Å². The quantitative estimate of drug-likeness (QED) is 0.676. The minimum atomic E-state index is -0.283. The summed E-state index contributed by atoms with van der Waals surface area (Å²) in [5, 5.41) is 9.80. The Morgan fingerprint density at radius 2 is 2.16 bits per heavy atom. The number of halogens is 1. The first kappa shape index (κ1) is 13.7. The molecule has 0 bridgehead atoms. The molecule has 0 saturated carbocycles. The molecule has 2 aromatic rings. The van der Waals surface area contributed by atoms with E-state index in [1.165, 1.54) is 16.2 Å². The molecule has 0 aliphatic heterocycles. The van der Waals surface area contributed by atoms with Gasteiger partial charge in [0.2, 0.25) is 0 Å². The number of anilines is 1. The molecule has 0 fully saturated rings. The summed E-state index contributed by atoms with van der Waals surface area (Å²) in [6, 6.07) is 8.39. The summed E-state index contributed by atoms with van der Waals surface area (Å²) in [6.07, 6.45) is 0. The Morgan fingerprint density at radius 3 is 2.79 bits per heavy atom. The number of para-hydroxylation sites is 1. The maximum absolute atomic E-state index is 12.2. The SMILES string of the molecule is CN(Cc1ccc(Cl)s1)C(=O)c1cccc(N)c1O. The van der Waals surface area contributed by atoms with Gasteiger partial charge in [0.05, 0.1) is 22.1 Å². The number of benzene rings is 1. The third kappa shape index (κ3) is 3.00. The van der Waals surface area contributed by atoms with E-state index in [-0.39, 0.29) is 22.9 Å². The van der Waals surface area contributed by atoms with Crippen molar-refractivity contribution >= 4 is 34.5 Å². The van der Waals surface area contributed by atoms with Crippen LogP contribution in [-0.2, 0) is 6.54 Å². The van der Waals surface area contributed by atoms with E-state index in [0.29, 0.717) is 10.9 Å². The van der Waals surface area contributed by atoms with Gasteiger partial charge in [-0.3, -0.25) is 4.79 Å². The molecule has 19 heavy (non-hydrogen) atoms. The molecule has 0 atom stereocenters. The van der Waals surface area contributed by atoms with E-state index in [2.05, 4.69) is 0 Å². The van der Waals surface area contributed by atoms with Gasteiger partial charge >= 0.3 is 0 Å². The minimum Gasteiger partial charge on any atom is -0.505 e. The number of aromatic hydroxyl groups is 1. The van der Waals surface area contributed by atoms with E-state index in [1.54, 1.807) is 31.3 Å². The van der Waals surface area contributed by atoms with Crippen LogP contribution in [0.3, 0.4) is 0 Å². The minimum absolute atomic E-state index is 0.177. The van der Waals surface area contributed by atoms with Gasteiger partial charge in [-0.1, -0.05) is 17.7 Å². The molecular formula is C13H13ClN2O2S. The molecule has 0 unspecified atom stereocenters. The zero-order valence-electron chi connectivity index (χ0n) is 10.3. The fourth-order valence-corrected chi connectivity index (χ4v) is 2.82. The molecular weight excluding hydrogens is 284 g/mol. The first-order valence-electron chi connectivity index (χ1n) is 5.56. The van der Waals surface area contributed by atoms with Crippen LogP contribution in [-0.4, -0.2) is 23.0 Å². The van der Waals surface area contributed by atoms with Crippen LogP contribution in [0.5, 0.6) is 5.75 Å². The lowest BCUT2D eigenvalue weighted by Gasteiger charge is -2.17. The maximum atomic E-state index is 12.2. The van der Waals surface area contributed by atoms with Gasteiger partial charge in [0, 0.05) is 11.9 Å². The molecule has 0 spiro atoms. The van der Waals surface area contributed by atoms with Crippen molar-refractivity contribution in [2.45, 2.75) is 6.54 Å². The van der Waals surface area contributed by atoms with Crippen LogP contribution in [0.4, 0.5) is 5.69 Å². The molecule has 2 rings (SSSR count). The summed E-state index contributed by atoms with van der Waals surface area (Å²) in [7, 11) is 1.67. The van der Waals surface area contributed by atoms with Crippen molar-refractivity contribution in [2.75, 3.05) is 12.8 Å². The number of carbonyl (C=O) groups excluding carboxylic acids is 1. The molecule has 0 aliphatic rings. The molecule has 4 nitrogen and oxygen atoms in total. The number of phenolic OH excluding ortho intramolecular Hbond substituents is 1. The highest BCUT2D eigenvalue weighted by atomic mass is 35.5. The predicted molar refractivity (Wildman–Crippen MR) is 77.6 cm³/mol. The first-order valence-corrected chi connectivity index (χ1v) is 6.75. The highest BCUT2D eigenvalue weighted by molar-refractivity contribution is 7.16. The van der Waals surface area contributed by atoms with E-state index >= 15 is 0 Å². The average molecular weight is 297 g/mol. The molecule has 0 radical (unpaired) electrons. The molecule has 100 valence electrons. The van der Waals surface area contributed by atoms with E-state index in [4.69, 9.17) is 17.3 Å². The number of rotatable bonds is 3. The summed E-state index contributed by atoms with van der Waals surface area (Å²) in [6.45, 7) is 0.435. The monoisotopic (exact) mass is 296 g/mol. The number of hydrogen-bond acceptors (Lipinski definition) is 4. The number of nitrogens with two attached hydrogens (primary N) is 1. The lowest BCUT2D eigenvalue weighted by Crippen LogP contribution is -2.26. The van der Waals surface area contributed by atoms with Crippen LogP contribution in [0, 0.1) is 0 Å². The lowest BCUT2D eigenvalue weighted by atomic mass is 10.1. The predicted octanol–water partition coefficient (Wildman–Crippen LogP) is 2.96. The molecule has 3 N–H and O–H groups in total. The molecule has 1 amide bonds. The summed E-state index contributed by atoms with van der Waals surface area (Å²) < 4.78 is 0.683. The van der Waals surface area contributed by atoms with Crippen molar-refractivity contribution in [1.82, 2.24) is 4.90 Å². The zero-order chi connectivity index (χ0) is 14.0. The smallest absolute Gasteiger partial charge is 0.257 e. The van der Waals surface area contributed by atoms with Crippen LogP contribution in [0.15, 0.2) is 30.3 Å². The zero-order valence-corrected chi connectivity index (χ0v) is 11.8. The second-order valence-electron chi connectivity index (χ2n) is 4.11. The van der Waals surface area contributed by atoms with Crippen molar-refractivity contribution < 1.29 is 9.90 Å². The van der Waals surface area contributed by atoms with Gasteiger partial charge in [-0.2, -0.15) is 0 Å². The molecule has 0 saturated heterocycles. The van der Waals surface area contributed by atoms with Gasteiger partial charge in [-0.05, 0) is 24.3 Å². The van der Waals surface area contributed by atoms with Crippen LogP contribution < -0.4 is 5.73 Å². The normalized spacial score (nSPS) is 10.4. The van der Waals surface area contributed by atoms with E-state index in [1.807, 2.05) is 6.07 Å². The van der Waals surface area contributed by atoms with Crippen molar-refractivity contribution in [2.24, 2.45) is 0 Å². The number of carbonyl (C=O) groups is 1. The maximum Gasteiger partial charge on any atom is 0.257 e. The Hall–Kier alpha value is -1.72. The molecule has 1 aromatic carbocycles. The Balaban J connectivity index is 2.17. The topological polar surface area (TPSA) is 66.6 Å². The second-order valence-corrected chi connectivity index (χ2v) is 5.91. The number of nitrogens with zero attached hydrogens (tertiary/aromatic N) is 1. The fraction of sp³-hybridized carbons (Fsp3) is 0.154. The van der Waals surface area contributed by atoms with Gasteiger partial charge in [-0.15, -0.1) is 11.3 Å². The van der Waals surface area contributed by atoms with E-state index in [0.717, 1.165) is 4.88 Å². The van der Waals surface area contributed by atoms with Gasteiger partial charge < -0.3 is 15.7 Å². The molecule has 1 heterocycles. The summed E-state index contributed by atoms with van der Waals surface area (Å²) in [5.74, 6) is -0.460. The Bertz CT molecular complexity index is 612. The number of amides is 1. The largest absolute Gasteiger partial charge is 0.505 e. The average Bonchev–Trinajstić information content (AvgIpc) is 2.77. The van der Waals surface area contributed by atoms with Crippen molar-refractivity contribution in [3.63, 3.8) is 0 Å². The molecule has 6 heteroatoms. The number of nitrogen functional groups attached to an aromatic ring is 1. The van der Waals surface area contributed by atoms with Crippen LogP contribution in [0.1, 0.15) is 15.2 Å². The summed E-state index contributed by atoms with van der Waals surface area (Å²) in [5.41, 5.74) is 5.97. The van der Waals surface area contributed by atoms with E-state index in [9.17, 15) is 9.90 Å². The van der Waals surface area contributed by atoms with Gasteiger partial charge in [0.1, 0.15) is 0 Å². The van der Waals surface area contributed by atoms with E-state index < -0.39 is 0 Å². The Morgan fingerprint density at radius 1 is 1.42 bits per heavy atom.